The van der Waals surface area contributed by atoms with E-state index in [2.05, 4.69) is 5.32 Å². The third kappa shape index (κ3) is 3.51. The van der Waals surface area contributed by atoms with Crippen LogP contribution in [0.3, 0.4) is 0 Å². The topological polar surface area (TPSA) is 69.6 Å². The van der Waals surface area contributed by atoms with E-state index in [-0.39, 0.29) is 0 Å². The molecule has 0 saturated heterocycles. The van der Waals surface area contributed by atoms with Gasteiger partial charge in [-0.25, -0.2) is 9.59 Å². The van der Waals surface area contributed by atoms with Gasteiger partial charge >= 0.3 is 12.0 Å². The van der Waals surface area contributed by atoms with Crippen LogP contribution < -0.4 is 5.32 Å². The maximum absolute atomic E-state index is 11.7. The Morgan fingerprint density at radius 3 is 2.44 bits per heavy atom. The molecule has 1 aromatic carbocycles. The van der Waals surface area contributed by atoms with E-state index in [1.54, 1.807) is 12.1 Å². The Balaban J connectivity index is 2.75. The zero-order valence-corrected chi connectivity index (χ0v) is 11.3. The summed E-state index contributed by atoms with van der Waals surface area (Å²) in [5.41, 5.74) is 0.443. The highest BCUT2D eigenvalue weighted by molar-refractivity contribution is 6.42. The summed E-state index contributed by atoms with van der Waals surface area (Å²) in [5, 5.41) is 12.0. The number of benzene rings is 1. The van der Waals surface area contributed by atoms with Crippen molar-refractivity contribution in [2.24, 2.45) is 0 Å². The van der Waals surface area contributed by atoms with Crippen molar-refractivity contribution in [1.82, 2.24) is 4.90 Å². The molecule has 0 heterocycles. The van der Waals surface area contributed by atoms with Crippen molar-refractivity contribution >= 4 is 40.9 Å². The van der Waals surface area contributed by atoms with Gasteiger partial charge in [0, 0.05) is 12.7 Å². The number of halogens is 2. The van der Waals surface area contributed by atoms with Gasteiger partial charge in [-0.1, -0.05) is 23.2 Å². The number of carboxylic acids is 1. The van der Waals surface area contributed by atoms with Gasteiger partial charge in [-0.05, 0) is 25.1 Å². The van der Waals surface area contributed by atoms with Gasteiger partial charge in [0.2, 0.25) is 0 Å². The fourth-order valence-corrected chi connectivity index (χ4v) is 1.43. The Hall–Kier alpha value is -1.46. The SMILES string of the molecule is CC(C(=O)O)N(C)C(=O)Nc1ccc(Cl)c(Cl)c1. The quantitative estimate of drug-likeness (QED) is 0.899. The van der Waals surface area contributed by atoms with Crippen LogP contribution in [0.25, 0.3) is 0 Å². The van der Waals surface area contributed by atoms with Crippen LogP contribution in [0.2, 0.25) is 10.0 Å². The molecule has 0 radical (unpaired) electrons. The standard InChI is InChI=1S/C11H12Cl2N2O3/c1-6(10(16)17)15(2)11(18)14-7-3-4-8(12)9(13)5-7/h3-6H,1-2H3,(H,14,18)(H,16,17). The van der Waals surface area contributed by atoms with Gasteiger partial charge < -0.3 is 15.3 Å². The van der Waals surface area contributed by atoms with E-state index in [0.717, 1.165) is 4.90 Å². The summed E-state index contributed by atoms with van der Waals surface area (Å²) in [6.07, 6.45) is 0. The van der Waals surface area contributed by atoms with E-state index in [1.807, 2.05) is 0 Å². The predicted octanol–water partition coefficient (Wildman–Crippen LogP) is 2.93. The molecule has 2 amide bonds. The van der Waals surface area contributed by atoms with Crippen molar-refractivity contribution in [3.05, 3.63) is 28.2 Å². The number of anilines is 1. The normalized spacial score (nSPS) is 11.8. The van der Waals surface area contributed by atoms with Gasteiger partial charge in [-0.3, -0.25) is 0 Å². The van der Waals surface area contributed by atoms with Crippen molar-refractivity contribution in [1.29, 1.82) is 0 Å². The molecule has 0 aliphatic carbocycles. The van der Waals surface area contributed by atoms with E-state index in [0.29, 0.717) is 15.7 Å². The van der Waals surface area contributed by atoms with Gasteiger partial charge in [0.15, 0.2) is 0 Å². The third-order valence-corrected chi connectivity index (χ3v) is 3.17. The molecule has 1 aromatic rings. The number of rotatable bonds is 3. The molecule has 1 atom stereocenters. The Morgan fingerprint density at radius 1 is 1.33 bits per heavy atom. The molecule has 1 rings (SSSR count). The van der Waals surface area contributed by atoms with Crippen LogP contribution in [-0.4, -0.2) is 35.1 Å². The van der Waals surface area contributed by atoms with Gasteiger partial charge in [0.1, 0.15) is 6.04 Å². The highest BCUT2D eigenvalue weighted by atomic mass is 35.5. The average Bonchev–Trinajstić information content (AvgIpc) is 2.31. The molecule has 0 saturated carbocycles. The first-order chi connectivity index (χ1) is 8.32. The third-order valence-electron chi connectivity index (χ3n) is 2.43. The molecule has 0 aromatic heterocycles. The zero-order valence-electron chi connectivity index (χ0n) is 9.78. The predicted molar refractivity (Wildman–Crippen MR) is 70.3 cm³/mol. The average molecular weight is 291 g/mol. The minimum atomic E-state index is -1.08. The zero-order chi connectivity index (χ0) is 13.9. The summed E-state index contributed by atoms with van der Waals surface area (Å²) in [7, 11) is 1.39. The maximum atomic E-state index is 11.7. The van der Waals surface area contributed by atoms with Gasteiger partial charge in [-0.2, -0.15) is 0 Å². The van der Waals surface area contributed by atoms with Crippen LogP contribution in [0.1, 0.15) is 6.92 Å². The van der Waals surface area contributed by atoms with Crippen LogP contribution in [0, 0.1) is 0 Å². The first-order valence-corrected chi connectivity index (χ1v) is 5.80. The maximum Gasteiger partial charge on any atom is 0.326 e. The molecule has 98 valence electrons. The van der Waals surface area contributed by atoms with Crippen molar-refractivity contribution < 1.29 is 14.7 Å². The van der Waals surface area contributed by atoms with Crippen LogP contribution in [0.5, 0.6) is 0 Å². The summed E-state index contributed by atoms with van der Waals surface area (Å²) in [5.74, 6) is -1.08. The Morgan fingerprint density at radius 2 is 1.94 bits per heavy atom. The first kappa shape index (κ1) is 14.6. The molecule has 0 aliphatic heterocycles. The van der Waals surface area contributed by atoms with E-state index >= 15 is 0 Å². The minimum Gasteiger partial charge on any atom is -0.480 e. The number of hydrogen-bond donors (Lipinski definition) is 2. The lowest BCUT2D eigenvalue weighted by Crippen LogP contribution is -2.42. The molecule has 2 N–H and O–H groups in total. The second-order valence-electron chi connectivity index (χ2n) is 3.68. The van der Waals surface area contributed by atoms with Crippen molar-refractivity contribution in [2.75, 3.05) is 12.4 Å². The van der Waals surface area contributed by atoms with Crippen LogP contribution in [0.15, 0.2) is 18.2 Å². The number of hydrogen-bond acceptors (Lipinski definition) is 2. The Labute approximate surface area is 114 Å². The van der Waals surface area contributed by atoms with Gasteiger partial charge in [0.25, 0.3) is 0 Å². The molecule has 0 spiro atoms. The number of aliphatic carboxylic acids is 1. The molecular weight excluding hydrogens is 279 g/mol. The number of nitrogens with one attached hydrogen (secondary N) is 1. The van der Waals surface area contributed by atoms with E-state index in [4.69, 9.17) is 28.3 Å². The summed E-state index contributed by atoms with van der Waals surface area (Å²) in [4.78, 5) is 23.5. The van der Waals surface area contributed by atoms with Crippen LogP contribution in [-0.2, 0) is 4.79 Å². The highest BCUT2D eigenvalue weighted by Crippen LogP contribution is 2.25. The van der Waals surface area contributed by atoms with E-state index in [1.165, 1.54) is 20.0 Å². The number of nitrogens with zero attached hydrogens (tertiary/aromatic N) is 1. The number of carboxylic acid groups (broad SMARTS) is 1. The molecule has 5 nitrogen and oxygen atoms in total. The van der Waals surface area contributed by atoms with E-state index < -0.39 is 18.0 Å². The molecule has 18 heavy (non-hydrogen) atoms. The smallest absolute Gasteiger partial charge is 0.326 e. The Kier molecular flexibility index (Phi) is 4.81. The fraction of sp³-hybridized carbons (Fsp3) is 0.273. The summed E-state index contributed by atoms with van der Waals surface area (Å²) in [6, 6.07) is 3.14. The highest BCUT2D eigenvalue weighted by Gasteiger charge is 2.21. The molecule has 0 bridgehead atoms. The summed E-state index contributed by atoms with van der Waals surface area (Å²) in [6.45, 7) is 1.41. The number of carbonyl (C=O) groups is 2. The fourth-order valence-electron chi connectivity index (χ4n) is 1.13. The monoisotopic (exact) mass is 290 g/mol. The second-order valence-corrected chi connectivity index (χ2v) is 4.50. The van der Waals surface area contributed by atoms with Gasteiger partial charge in [0.05, 0.1) is 10.0 Å². The lowest BCUT2D eigenvalue weighted by atomic mass is 10.3. The number of urea groups is 1. The molecular formula is C11H12Cl2N2O3. The molecule has 0 aliphatic rings. The molecule has 7 heteroatoms. The molecule has 1 unspecified atom stereocenters. The van der Waals surface area contributed by atoms with E-state index in [9.17, 15) is 9.59 Å². The Bertz CT molecular complexity index is 479. The van der Waals surface area contributed by atoms with Crippen LogP contribution in [0.4, 0.5) is 10.5 Å². The number of carbonyl (C=O) groups excluding carboxylic acids is 1. The number of likely N-dealkylation sites (N-methyl/N-ethyl adjacent to an activating group) is 1. The second kappa shape index (κ2) is 5.93. The number of amides is 2. The van der Waals surface area contributed by atoms with Gasteiger partial charge in [-0.15, -0.1) is 0 Å². The van der Waals surface area contributed by atoms with Crippen molar-refractivity contribution in [2.45, 2.75) is 13.0 Å². The summed E-state index contributed by atoms with van der Waals surface area (Å²) < 4.78 is 0. The first-order valence-electron chi connectivity index (χ1n) is 5.04. The lowest BCUT2D eigenvalue weighted by Gasteiger charge is -2.21. The van der Waals surface area contributed by atoms with Crippen LogP contribution >= 0.6 is 23.2 Å². The minimum absolute atomic E-state index is 0.309. The van der Waals surface area contributed by atoms with Crippen molar-refractivity contribution in [3.63, 3.8) is 0 Å². The van der Waals surface area contributed by atoms with Crippen molar-refractivity contribution in [3.8, 4) is 0 Å². The largest absolute Gasteiger partial charge is 0.480 e. The lowest BCUT2D eigenvalue weighted by molar-refractivity contribution is -0.141. The molecule has 0 fully saturated rings. The summed E-state index contributed by atoms with van der Waals surface area (Å²) >= 11 is 11.5.